The van der Waals surface area contributed by atoms with Gasteiger partial charge in [-0.25, -0.2) is 0 Å². The molecule has 0 unspecified atom stereocenters. The number of nitrogens with one attached hydrogen (secondary N) is 2. The molecule has 2 aromatic rings. The van der Waals surface area contributed by atoms with Crippen molar-refractivity contribution < 1.29 is 0 Å². The molecule has 0 radical (unpaired) electrons. The molecule has 0 aliphatic carbocycles. The summed E-state index contributed by atoms with van der Waals surface area (Å²) in [5.74, 6) is 0. The first kappa shape index (κ1) is 19.1. The minimum atomic E-state index is 0.710. The molecule has 2 rings (SSSR count). The van der Waals surface area contributed by atoms with Crippen molar-refractivity contribution in [2.75, 3.05) is 12.4 Å². The van der Waals surface area contributed by atoms with Gasteiger partial charge in [0.2, 0.25) is 0 Å². The van der Waals surface area contributed by atoms with Crippen molar-refractivity contribution in [3.05, 3.63) is 71.7 Å². The van der Waals surface area contributed by atoms with E-state index in [4.69, 9.17) is 0 Å². The summed E-state index contributed by atoms with van der Waals surface area (Å²) < 4.78 is 0. The van der Waals surface area contributed by atoms with E-state index >= 15 is 0 Å². The minimum absolute atomic E-state index is 0.710. The third kappa shape index (κ3) is 4.66. The maximum absolute atomic E-state index is 4.43. The number of rotatable bonds is 7. The van der Waals surface area contributed by atoms with E-state index in [1.54, 1.807) is 25.7 Å². The summed E-state index contributed by atoms with van der Waals surface area (Å²) in [6.07, 6.45) is 9.07. The van der Waals surface area contributed by atoms with Gasteiger partial charge < -0.3 is 5.32 Å². The third-order valence-corrected chi connectivity index (χ3v) is 3.86. The fourth-order valence-corrected chi connectivity index (χ4v) is 2.50. The van der Waals surface area contributed by atoms with Gasteiger partial charge in [-0.3, -0.25) is 15.1 Å². The molecule has 2 N–H and O–H groups in total. The van der Waals surface area contributed by atoms with E-state index in [0.29, 0.717) is 5.70 Å². The van der Waals surface area contributed by atoms with Gasteiger partial charge in [-0.2, -0.15) is 5.10 Å². The maximum Gasteiger partial charge on any atom is 0.0888 e. The molecule has 5 heteroatoms. The minimum Gasteiger partial charge on any atom is -0.352 e. The largest absolute Gasteiger partial charge is 0.352 e. The summed E-state index contributed by atoms with van der Waals surface area (Å²) in [6, 6.07) is 8.17. The molecule has 1 aromatic carbocycles. The van der Waals surface area contributed by atoms with Crippen LogP contribution in [0.4, 0.5) is 5.69 Å². The highest BCUT2D eigenvalue weighted by atomic mass is 15.1. The van der Waals surface area contributed by atoms with Crippen LogP contribution in [-0.4, -0.2) is 29.7 Å². The molecule has 0 fully saturated rings. The second kappa shape index (κ2) is 9.32. The van der Waals surface area contributed by atoms with Gasteiger partial charge in [-0.1, -0.05) is 36.9 Å². The molecule has 1 aromatic heterocycles. The number of allylic oxidation sites excluding steroid dienone is 4. The Morgan fingerprint density at radius 1 is 1.31 bits per heavy atom. The van der Waals surface area contributed by atoms with Crippen molar-refractivity contribution in [2.24, 2.45) is 9.98 Å². The standard InChI is InChI=1S/C21H25N5/c1-6-7-12-23-16(3)19(13-22-5)17(4)25-20-14-24-26-21(20)18-11-9-8-10-15(18)2/h6-14,25H,4H2,1-3,5H3,(H,24,26)/b7-6-,19-16-,22-13?,23-12-. The van der Waals surface area contributed by atoms with E-state index in [2.05, 4.69) is 51.1 Å². The van der Waals surface area contributed by atoms with Crippen molar-refractivity contribution in [3.63, 3.8) is 0 Å². The molecule has 0 atom stereocenters. The molecule has 134 valence electrons. The average Bonchev–Trinajstić information content (AvgIpc) is 3.07. The van der Waals surface area contributed by atoms with Gasteiger partial charge in [0, 0.05) is 42.0 Å². The molecule has 0 amide bonds. The van der Waals surface area contributed by atoms with Gasteiger partial charge in [-0.15, -0.1) is 0 Å². The highest BCUT2D eigenvalue weighted by molar-refractivity contribution is 5.89. The summed E-state index contributed by atoms with van der Waals surface area (Å²) in [5.41, 5.74) is 6.42. The molecule has 0 saturated carbocycles. The van der Waals surface area contributed by atoms with Crippen molar-refractivity contribution in [2.45, 2.75) is 20.8 Å². The number of hydrogen-bond acceptors (Lipinski definition) is 4. The maximum atomic E-state index is 4.43. The molecule has 0 aliphatic heterocycles. The lowest BCUT2D eigenvalue weighted by molar-refractivity contribution is 1.09. The van der Waals surface area contributed by atoms with E-state index in [9.17, 15) is 0 Å². The van der Waals surface area contributed by atoms with Crippen LogP contribution in [0.1, 0.15) is 19.4 Å². The van der Waals surface area contributed by atoms with Crippen molar-refractivity contribution in [3.8, 4) is 11.3 Å². The van der Waals surface area contributed by atoms with Crippen LogP contribution in [0.3, 0.4) is 0 Å². The zero-order valence-electron chi connectivity index (χ0n) is 15.7. The molecule has 0 aliphatic rings. The quantitative estimate of drug-likeness (QED) is 0.551. The van der Waals surface area contributed by atoms with Crippen LogP contribution < -0.4 is 5.32 Å². The lowest BCUT2D eigenvalue weighted by Gasteiger charge is -2.13. The van der Waals surface area contributed by atoms with E-state index in [-0.39, 0.29) is 0 Å². The first-order chi connectivity index (χ1) is 12.6. The average molecular weight is 347 g/mol. The third-order valence-electron chi connectivity index (χ3n) is 3.86. The fourth-order valence-electron chi connectivity index (χ4n) is 2.50. The molecule has 1 heterocycles. The first-order valence-corrected chi connectivity index (χ1v) is 8.42. The summed E-state index contributed by atoms with van der Waals surface area (Å²) in [7, 11) is 1.73. The van der Waals surface area contributed by atoms with E-state index in [1.165, 1.54) is 5.56 Å². The summed E-state index contributed by atoms with van der Waals surface area (Å²) in [4.78, 5) is 8.56. The Bertz CT molecular complexity index is 881. The van der Waals surface area contributed by atoms with Crippen LogP contribution in [0.25, 0.3) is 11.3 Å². The summed E-state index contributed by atoms with van der Waals surface area (Å²) in [5, 5.41) is 10.6. The van der Waals surface area contributed by atoms with E-state index in [0.717, 1.165) is 28.2 Å². The Hall–Kier alpha value is -3.21. The van der Waals surface area contributed by atoms with Crippen LogP contribution in [0.15, 0.2) is 76.1 Å². The Morgan fingerprint density at radius 2 is 2.08 bits per heavy atom. The number of nitrogens with zero attached hydrogens (tertiary/aromatic N) is 3. The number of hydrogen-bond donors (Lipinski definition) is 2. The Labute approximate surface area is 155 Å². The van der Waals surface area contributed by atoms with Crippen molar-refractivity contribution in [1.29, 1.82) is 0 Å². The Balaban J connectivity index is 2.33. The van der Waals surface area contributed by atoms with Crippen LogP contribution in [-0.2, 0) is 0 Å². The topological polar surface area (TPSA) is 65.4 Å². The number of H-pyrrole nitrogens is 1. The fraction of sp³-hybridized carbons (Fsp3) is 0.190. The number of aromatic amines is 1. The molecule has 26 heavy (non-hydrogen) atoms. The molecular formula is C21H25N5. The number of aromatic nitrogens is 2. The summed E-state index contributed by atoms with van der Waals surface area (Å²) in [6.45, 7) is 10.1. The Morgan fingerprint density at radius 3 is 2.77 bits per heavy atom. The molecular weight excluding hydrogens is 322 g/mol. The monoisotopic (exact) mass is 347 g/mol. The predicted octanol–water partition coefficient (Wildman–Crippen LogP) is 4.93. The number of benzene rings is 1. The molecule has 0 saturated heterocycles. The highest BCUT2D eigenvalue weighted by Gasteiger charge is 2.12. The summed E-state index contributed by atoms with van der Waals surface area (Å²) >= 11 is 0. The highest BCUT2D eigenvalue weighted by Crippen LogP contribution is 2.29. The Kier molecular flexibility index (Phi) is 6.85. The smallest absolute Gasteiger partial charge is 0.0888 e. The van der Waals surface area contributed by atoms with Crippen LogP contribution in [0.2, 0.25) is 0 Å². The van der Waals surface area contributed by atoms with Crippen LogP contribution in [0, 0.1) is 6.92 Å². The molecule has 5 nitrogen and oxygen atoms in total. The normalized spacial score (nSPS) is 12.9. The van der Waals surface area contributed by atoms with Crippen LogP contribution >= 0.6 is 0 Å². The zero-order valence-corrected chi connectivity index (χ0v) is 15.7. The van der Waals surface area contributed by atoms with Gasteiger partial charge in [-0.05, 0) is 32.4 Å². The zero-order chi connectivity index (χ0) is 18.9. The van der Waals surface area contributed by atoms with Gasteiger partial charge in [0.15, 0.2) is 0 Å². The second-order valence-corrected chi connectivity index (χ2v) is 5.77. The second-order valence-electron chi connectivity index (χ2n) is 5.77. The number of anilines is 1. The number of aryl methyl sites for hydroxylation is 1. The lowest BCUT2D eigenvalue weighted by atomic mass is 10.0. The first-order valence-electron chi connectivity index (χ1n) is 8.42. The van der Waals surface area contributed by atoms with Gasteiger partial charge >= 0.3 is 0 Å². The lowest BCUT2D eigenvalue weighted by Crippen LogP contribution is -2.05. The van der Waals surface area contributed by atoms with Crippen molar-refractivity contribution >= 4 is 18.1 Å². The molecule has 0 spiro atoms. The van der Waals surface area contributed by atoms with E-state index < -0.39 is 0 Å². The van der Waals surface area contributed by atoms with Crippen molar-refractivity contribution in [1.82, 2.24) is 10.2 Å². The number of aliphatic imine (C=N–C) groups is 2. The molecule has 0 bridgehead atoms. The van der Waals surface area contributed by atoms with Crippen LogP contribution in [0.5, 0.6) is 0 Å². The SMILES string of the molecule is C=C(Nc1cn[nH]c1-c1ccccc1C)\C(C=NC)=C(C)/N=C\C=C/C. The van der Waals surface area contributed by atoms with Gasteiger partial charge in [0.25, 0.3) is 0 Å². The van der Waals surface area contributed by atoms with E-state index in [1.807, 2.05) is 38.1 Å². The predicted molar refractivity (Wildman–Crippen MR) is 112 cm³/mol. The van der Waals surface area contributed by atoms with Gasteiger partial charge in [0.05, 0.1) is 17.6 Å². The van der Waals surface area contributed by atoms with Gasteiger partial charge in [0.1, 0.15) is 0 Å².